The van der Waals surface area contributed by atoms with Gasteiger partial charge in [0.05, 0.1) is 7.11 Å². The maximum atomic E-state index is 12.1. The number of hydrogen-bond donors (Lipinski definition) is 2. The van der Waals surface area contributed by atoms with Crippen molar-refractivity contribution in [2.24, 2.45) is 5.92 Å². The summed E-state index contributed by atoms with van der Waals surface area (Å²) in [6, 6.07) is 7.95. The number of ether oxygens (including phenoxy) is 1. The summed E-state index contributed by atoms with van der Waals surface area (Å²) in [6.07, 6.45) is 5.51. The minimum Gasteiger partial charge on any atom is -0.497 e. The summed E-state index contributed by atoms with van der Waals surface area (Å²) >= 11 is 0. The third-order valence-electron chi connectivity index (χ3n) is 4.29. The quantitative estimate of drug-likeness (QED) is 0.845. The minimum absolute atomic E-state index is 0.0798. The summed E-state index contributed by atoms with van der Waals surface area (Å²) < 4.78 is 5.12. The summed E-state index contributed by atoms with van der Waals surface area (Å²) in [6.45, 7) is 0.170. The number of rotatable bonds is 6. The van der Waals surface area contributed by atoms with E-state index < -0.39 is 0 Å². The van der Waals surface area contributed by atoms with Gasteiger partial charge in [0.2, 0.25) is 5.91 Å². The van der Waals surface area contributed by atoms with Gasteiger partial charge in [0.25, 0.3) is 0 Å². The second-order valence-corrected chi connectivity index (χ2v) is 5.75. The molecule has 2 rings (SSSR count). The van der Waals surface area contributed by atoms with Crippen molar-refractivity contribution in [2.45, 2.75) is 44.6 Å². The van der Waals surface area contributed by atoms with E-state index in [4.69, 9.17) is 4.74 Å². The zero-order valence-electron chi connectivity index (χ0n) is 12.7. The average Bonchev–Trinajstić information content (AvgIpc) is 2.54. The van der Waals surface area contributed by atoms with Crippen LogP contribution in [0, 0.1) is 5.92 Å². The first-order valence-electron chi connectivity index (χ1n) is 7.76. The van der Waals surface area contributed by atoms with Gasteiger partial charge < -0.3 is 15.2 Å². The monoisotopic (exact) mass is 291 g/mol. The Bertz CT molecular complexity index is 444. The fourth-order valence-corrected chi connectivity index (χ4v) is 2.95. The predicted molar refractivity (Wildman–Crippen MR) is 82.3 cm³/mol. The molecule has 2 atom stereocenters. The molecule has 0 heterocycles. The van der Waals surface area contributed by atoms with Gasteiger partial charge in [-0.25, -0.2) is 0 Å². The topological polar surface area (TPSA) is 58.6 Å². The Morgan fingerprint density at radius 1 is 1.29 bits per heavy atom. The van der Waals surface area contributed by atoms with Gasteiger partial charge in [-0.3, -0.25) is 4.79 Å². The van der Waals surface area contributed by atoms with Crippen molar-refractivity contribution in [3.63, 3.8) is 0 Å². The third-order valence-corrected chi connectivity index (χ3v) is 4.29. The van der Waals surface area contributed by atoms with Crippen LogP contribution in [0.2, 0.25) is 0 Å². The molecule has 0 spiro atoms. The number of carbonyl (C=O) groups is 1. The maximum absolute atomic E-state index is 12.1. The fraction of sp³-hybridized carbons (Fsp3) is 0.588. The molecule has 2 unspecified atom stereocenters. The Morgan fingerprint density at radius 3 is 2.67 bits per heavy atom. The number of aliphatic hydroxyl groups excluding tert-OH is 1. The van der Waals surface area contributed by atoms with Gasteiger partial charge in [-0.05, 0) is 37.0 Å². The van der Waals surface area contributed by atoms with Gasteiger partial charge in [-0.1, -0.05) is 25.0 Å². The lowest BCUT2D eigenvalue weighted by molar-refractivity contribution is -0.122. The van der Waals surface area contributed by atoms with Crippen LogP contribution in [0.3, 0.4) is 0 Å². The molecule has 1 aliphatic carbocycles. The van der Waals surface area contributed by atoms with Crippen LogP contribution >= 0.6 is 0 Å². The Morgan fingerprint density at radius 2 is 2.00 bits per heavy atom. The number of aliphatic hydroxyl groups is 1. The summed E-state index contributed by atoms with van der Waals surface area (Å²) in [5, 5.41) is 12.5. The number of benzene rings is 1. The molecule has 1 fully saturated rings. The molecule has 0 aliphatic heterocycles. The molecule has 0 saturated heterocycles. The number of carbonyl (C=O) groups excluding carboxylic acids is 1. The van der Waals surface area contributed by atoms with E-state index in [1.54, 1.807) is 7.11 Å². The first-order valence-corrected chi connectivity index (χ1v) is 7.76. The van der Waals surface area contributed by atoms with E-state index in [-0.39, 0.29) is 24.5 Å². The molecular formula is C17H25NO3. The normalized spacial score (nSPS) is 21.8. The number of nitrogens with one attached hydrogen (secondary N) is 1. The van der Waals surface area contributed by atoms with E-state index >= 15 is 0 Å². The van der Waals surface area contributed by atoms with Crippen LogP contribution in [0.1, 0.15) is 37.7 Å². The molecule has 0 radical (unpaired) electrons. The van der Waals surface area contributed by atoms with Crippen LogP contribution in [-0.2, 0) is 11.2 Å². The molecule has 1 aromatic carbocycles. The van der Waals surface area contributed by atoms with Crippen molar-refractivity contribution < 1.29 is 14.6 Å². The summed E-state index contributed by atoms with van der Waals surface area (Å²) in [5.74, 6) is 1.14. The molecule has 1 aliphatic rings. The van der Waals surface area contributed by atoms with Crippen molar-refractivity contribution in [2.75, 3.05) is 13.7 Å². The number of amides is 1. The van der Waals surface area contributed by atoms with Gasteiger partial charge in [0, 0.05) is 25.0 Å². The number of aryl methyl sites for hydroxylation is 1. The molecular weight excluding hydrogens is 266 g/mol. The maximum Gasteiger partial charge on any atom is 0.220 e. The first-order chi connectivity index (χ1) is 10.2. The zero-order chi connectivity index (χ0) is 15.1. The Kier molecular flexibility index (Phi) is 6.05. The molecule has 0 aromatic heterocycles. The predicted octanol–water partition coefficient (Wildman–Crippen LogP) is 2.30. The average molecular weight is 291 g/mol. The van der Waals surface area contributed by atoms with Crippen molar-refractivity contribution in [3.8, 4) is 5.75 Å². The van der Waals surface area contributed by atoms with Crippen LogP contribution in [-0.4, -0.2) is 30.8 Å². The molecule has 1 aromatic rings. The molecule has 21 heavy (non-hydrogen) atoms. The van der Waals surface area contributed by atoms with Crippen LogP contribution in [0.4, 0.5) is 0 Å². The van der Waals surface area contributed by atoms with Crippen molar-refractivity contribution >= 4 is 5.91 Å². The highest BCUT2D eigenvalue weighted by atomic mass is 16.5. The number of methoxy groups -OCH3 is 1. The molecule has 1 saturated carbocycles. The summed E-state index contributed by atoms with van der Waals surface area (Å²) in [4.78, 5) is 12.1. The highest BCUT2D eigenvalue weighted by molar-refractivity contribution is 5.76. The van der Waals surface area contributed by atoms with Gasteiger partial charge in [0.1, 0.15) is 5.75 Å². The second kappa shape index (κ2) is 8.03. The molecule has 0 bridgehead atoms. The van der Waals surface area contributed by atoms with Gasteiger partial charge in [-0.2, -0.15) is 0 Å². The summed E-state index contributed by atoms with van der Waals surface area (Å²) in [5.41, 5.74) is 1.13. The number of hydrogen-bond acceptors (Lipinski definition) is 3. The Labute approximate surface area is 126 Å². The van der Waals surface area contributed by atoms with Gasteiger partial charge in [0.15, 0.2) is 0 Å². The van der Waals surface area contributed by atoms with E-state index in [0.29, 0.717) is 6.42 Å². The first kappa shape index (κ1) is 15.8. The molecule has 1 amide bonds. The third kappa shape index (κ3) is 4.74. The largest absolute Gasteiger partial charge is 0.497 e. The van der Waals surface area contributed by atoms with Crippen LogP contribution in [0.5, 0.6) is 5.75 Å². The van der Waals surface area contributed by atoms with E-state index in [1.165, 1.54) is 0 Å². The molecule has 4 nitrogen and oxygen atoms in total. The molecule has 116 valence electrons. The molecule has 2 N–H and O–H groups in total. The lowest BCUT2D eigenvalue weighted by atomic mass is 9.85. The fourth-order valence-electron chi connectivity index (χ4n) is 2.95. The van der Waals surface area contributed by atoms with E-state index in [9.17, 15) is 9.90 Å². The molecule has 4 heteroatoms. The SMILES string of the molecule is COc1ccc(CCC(=O)NC2CCCCC2CO)cc1. The summed E-state index contributed by atoms with van der Waals surface area (Å²) in [7, 11) is 1.64. The van der Waals surface area contributed by atoms with Crippen LogP contribution < -0.4 is 10.1 Å². The minimum atomic E-state index is 0.0798. The van der Waals surface area contributed by atoms with Gasteiger partial charge in [-0.15, -0.1) is 0 Å². The lowest BCUT2D eigenvalue weighted by Crippen LogP contribution is -2.43. The van der Waals surface area contributed by atoms with Crippen molar-refractivity contribution in [1.82, 2.24) is 5.32 Å². The van der Waals surface area contributed by atoms with E-state index in [0.717, 1.165) is 43.4 Å². The van der Waals surface area contributed by atoms with E-state index in [1.807, 2.05) is 24.3 Å². The zero-order valence-corrected chi connectivity index (χ0v) is 12.7. The highest BCUT2D eigenvalue weighted by Gasteiger charge is 2.25. The smallest absolute Gasteiger partial charge is 0.220 e. The van der Waals surface area contributed by atoms with Crippen molar-refractivity contribution in [3.05, 3.63) is 29.8 Å². The van der Waals surface area contributed by atoms with Gasteiger partial charge >= 0.3 is 0 Å². The van der Waals surface area contributed by atoms with Crippen molar-refractivity contribution in [1.29, 1.82) is 0 Å². The Balaban J connectivity index is 1.78. The lowest BCUT2D eigenvalue weighted by Gasteiger charge is -2.30. The second-order valence-electron chi connectivity index (χ2n) is 5.75. The van der Waals surface area contributed by atoms with E-state index in [2.05, 4.69) is 5.32 Å². The van der Waals surface area contributed by atoms with Crippen LogP contribution in [0.15, 0.2) is 24.3 Å². The standard InChI is InChI=1S/C17H25NO3/c1-21-15-9-6-13(7-10-15)8-11-17(20)18-16-5-3-2-4-14(16)12-19/h6-7,9-10,14,16,19H,2-5,8,11-12H2,1H3,(H,18,20). The Hall–Kier alpha value is -1.55. The van der Waals surface area contributed by atoms with Crippen LogP contribution in [0.25, 0.3) is 0 Å². The highest BCUT2D eigenvalue weighted by Crippen LogP contribution is 2.24.